The molecule has 0 aliphatic carbocycles. The van der Waals surface area contributed by atoms with Crippen molar-refractivity contribution < 1.29 is 18.7 Å². The highest BCUT2D eigenvalue weighted by Gasteiger charge is 2.16. The molecule has 0 spiro atoms. The number of halogens is 1. The largest absolute Gasteiger partial charge is 0.465 e. The smallest absolute Gasteiger partial charge is 0.319 e. The second-order valence-electron chi connectivity index (χ2n) is 4.37. The zero-order valence-electron chi connectivity index (χ0n) is 11.4. The summed E-state index contributed by atoms with van der Waals surface area (Å²) in [5.74, 6) is -1.64. The van der Waals surface area contributed by atoms with Crippen LogP contribution in [0.4, 0.5) is 4.39 Å². The summed E-state index contributed by atoms with van der Waals surface area (Å²) in [4.78, 5) is 22.5. The molecule has 0 saturated heterocycles. The van der Waals surface area contributed by atoms with E-state index in [9.17, 15) is 14.0 Å². The Morgan fingerprint density at radius 2 is 2.00 bits per heavy atom. The first-order valence-corrected chi connectivity index (χ1v) is 6.43. The molecule has 1 rings (SSSR count). The molecule has 6 heteroatoms. The van der Waals surface area contributed by atoms with Crippen LogP contribution in [0, 0.1) is 11.7 Å². The Labute approximate surface area is 117 Å². The molecule has 0 fully saturated rings. The maximum atomic E-state index is 12.8. The first-order chi connectivity index (χ1) is 9.52. The summed E-state index contributed by atoms with van der Waals surface area (Å²) in [5.41, 5.74) is 6.13. The number of hydrogen-bond donors (Lipinski definition) is 2. The third-order valence-electron chi connectivity index (χ3n) is 2.76. The van der Waals surface area contributed by atoms with Gasteiger partial charge in [-0.1, -0.05) is 12.1 Å². The van der Waals surface area contributed by atoms with E-state index in [1.54, 1.807) is 19.1 Å². The Morgan fingerprint density at radius 3 is 2.55 bits per heavy atom. The van der Waals surface area contributed by atoms with Crippen LogP contribution in [0.15, 0.2) is 24.3 Å². The summed E-state index contributed by atoms with van der Waals surface area (Å²) in [6.45, 7) is 2.33. The lowest BCUT2D eigenvalue weighted by Crippen LogP contribution is -2.37. The molecular formula is C14H19FN2O3. The third-order valence-corrected chi connectivity index (χ3v) is 2.76. The molecule has 1 atom stereocenters. The van der Waals surface area contributed by atoms with Crippen LogP contribution < -0.4 is 11.1 Å². The molecule has 0 bridgehead atoms. The second-order valence-corrected chi connectivity index (χ2v) is 4.37. The number of benzene rings is 1. The van der Waals surface area contributed by atoms with E-state index < -0.39 is 11.8 Å². The summed E-state index contributed by atoms with van der Waals surface area (Å²) in [5, 5.41) is 2.83. The van der Waals surface area contributed by atoms with E-state index in [0.29, 0.717) is 13.0 Å². The number of esters is 1. The van der Waals surface area contributed by atoms with Gasteiger partial charge in [-0.3, -0.25) is 9.59 Å². The van der Waals surface area contributed by atoms with Crippen molar-refractivity contribution >= 4 is 11.9 Å². The van der Waals surface area contributed by atoms with Crippen molar-refractivity contribution in [2.45, 2.75) is 13.3 Å². The fourth-order valence-electron chi connectivity index (χ4n) is 1.74. The monoisotopic (exact) mass is 282 g/mol. The topological polar surface area (TPSA) is 81.4 Å². The van der Waals surface area contributed by atoms with E-state index in [1.807, 2.05) is 0 Å². The quantitative estimate of drug-likeness (QED) is 0.685. The number of primary amides is 1. The molecule has 1 aromatic rings. The minimum absolute atomic E-state index is 0.0288. The summed E-state index contributed by atoms with van der Waals surface area (Å²) in [6, 6.07) is 5.88. The maximum Gasteiger partial charge on any atom is 0.319 e. The van der Waals surface area contributed by atoms with Gasteiger partial charge in [-0.2, -0.15) is 0 Å². The number of rotatable bonds is 8. The van der Waals surface area contributed by atoms with Gasteiger partial charge in [-0.05, 0) is 31.0 Å². The van der Waals surface area contributed by atoms with Crippen LogP contribution >= 0.6 is 0 Å². The van der Waals surface area contributed by atoms with Crippen molar-refractivity contribution in [1.82, 2.24) is 5.32 Å². The van der Waals surface area contributed by atoms with Gasteiger partial charge in [0.1, 0.15) is 5.82 Å². The Balaban J connectivity index is 2.46. The zero-order chi connectivity index (χ0) is 15.0. The van der Waals surface area contributed by atoms with Crippen molar-refractivity contribution in [3.05, 3.63) is 35.6 Å². The number of carbonyl (C=O) groups excluding carboxylic acids is 2. The maximum absolute atomic E-state index is 12.8. The Kier molecular flexibility index (Phi) is 6.66. The molecule has 0 aliphatic heterocycles. The molecule has 1 amide bonds. The third kappa shape index (κ3) is 5.79. The molecule has 110 valence electrons. The number of amides is 1. The molecule has 5 nitrogen and oxygen atoms in total. The van der Waals surface area contributed by atoms with E-state index in [1.165, 1.54) is 12.1 Å². The van der Waals surface area contributed by atoms with Gasteiger partial charge in [0.25, 0.3) is 0 Å². The SMILES string of the molecule is CCOC(=O)CNCC(Cc1ccc(F)cc1)C(N)=O. The minimum Gasteiger partial charge on any atom is -0.465 e. The Bertz CT molecular complexity index is 448. The van der Waals surface area contributed by atoms with Crippen molar-refractivity contribution in [2.75, 3.05) is 19.7 Å². The van der Waals surface area contributed by atoms with Gasteiger partial charge in [0.15, 0.2) is 0 Å². The number of hydrogen-bond acceptors (Lipinski definition) is 4. The number of nitrogens with two attached hydrogens (primary N) is 1. The normalized spacial score (nSPS) is 11.9. The highest BCUT2D eigenvalue weighted by Crippen LogP contribution is 2.09. The standard InChI is InChI=1S/C14H19FN2O3/c1-2-20-13(18)9-17-8-11(14(16)19)7-10-3-5-12(15)6-4-10/h3-6,11,17H,2,7-9H2,1H3,(H2,16,19). The molecule has 0 heterocycles. The van der Waals surface area contributed by atoms with Crippen LogP contribution in [0.1, 0.15) is 12.5 Å². The molecule has 0 aliphatic rings. The fourth-order valence-corrected chi connectivity index (χ4v) is 1.74. The van der Waals surface area contributed by atoms with Crippen molar-refractivity contribution in [1.29, 1.82) is 0 Å². The first kappa shape index (κ1) is 16.1. The van der Waals surface area contributed by atoms with E-state index >= 15 is 0 Å². The van der Waals surface area contributed by atoms with E-state index in [2.05, 4.69) is 5.32 Å². The summed E-state index contributed by atoms with van der Waals surface area (Å²) in [7, 11) is 0. The van der Waals surface area contributed by atoms with Crippen molar-refractivity contribution in [3.8, 4) is 0 Å². The Morgan fingerprint density at radius 1 is 1.35 bits per heavy atom. The highest BCUT2D eigenvalue weighted by atomic mass is 19.1. The van der Waals surface area contributed by atoms with Gasteiger partial charge in [0.2, 0.25) is 5.91 Å². The molecular weight excluding hydrogens is 263 g/mol. The average Bonchev–Trinajstić information content (AvgIpc) is 2.40. The van der Waals surface area contributed by atoms with Crippen LogP contribution in [-0.2, 0) is 20.7 Å². The van der Waals surface area contributed by atoms with Crippen LogP contribution in [0.3, 0.4) is 0 Å². The lowest BCUT2D eigenvalue weighted by atomic mass is 9.98. The van der Waals surface area contributed by atoms with Gasteiger partial charge in [-0.15, -0.1) is 0 Å². The molecule has 0 saturated carbocycles. The van der Waals surface area contributed by atoms with Gasteiger partial charge in [0, 0.05) is 6.54 Å². The molecule has 20 heavy (non-hydrogen) atoms. The lowest BCUT2D eigenvalue weighted by Gasteiger charge is -2.14. The molecule has 1 unspecified atom stereocenters. The van der Waals surface area contributed by atoms with Gasteiger partial charge in [0.05, 0.1) is 19.1 Å². The van der Waals surface area contributed by atoms with Crippen molar-refractivity contribution in [3.63, 3.8) is 0 Å². The Hall–Kier alpha value is -1.95. The molecule has 1 aromatic carbocycles. The average molecular weight is 282 g/mol. The predicted molar refractivity (Wildman–Crippen MR) is 72.3 cm³/mol. The first-order valence-electron chi connectivity index (χ1n) is 6.43. The fraction of sp³-hybridized carbons (Fsp3) is 0.429. The highest BCUT2D eigenvalue weighted by molar-refractivity contribution is 5.77. The summed E-state index contributed by atoms with van der Waals surface area (Å²) >= 11 is 0. The van der Waals surface area contributed by atoms with Crippen LogP contribution in [0.5, 0.6) is 0 Å². The predicted octanol–water partition coefficient (Wildman–Crippen LogP) is 0.622. The van der Waals surface area contributed by atoms with Crippen LogP contribution in [-0.4, -0.2) is 31.6 Å². The number of carbonyl (C=O) groups is 2. The van der Waals surface area contributed by atoms with Crippen LogP contribution in [0.2, 0.25) is 0 Å². The minimum atomic E-state index is -0.467. The van der Waals surface area contributed by atoms with Crippen molar-refractivity contribution in [2.24, 2.45) is 11.7 Å². The molecule has 0 aromatic heterocycles. The molecule has 0 radical (unpaired) electrons. The van der Waals surface area contributed by atoms with E-state index in [-0.39, 0.29) is 24.9 Å². The van der Waals surface area contributed by atoms with E-state index in [0.717, 1.165) is 5.56 Å². The van der Waals surface area contributed by atoms with Gasteiger partial charge in [-0.25, -0.2) is 4.39 Å². The van der Waals surface area contributed by atoms with Gasteiger partial charge < -0.3 is 15.8 Å². The lowest BCUT2D eigenvalue weighted by molar-refractivity contribution is -0.142. The van der Waals surface area contributed by atoms with E-state index in [4.69, 9.17) is 10.5 Å². The zero-order valence-corrected chi connectivity index (χ0v) is 11.4. The number of nitrogens with one attached hydrogen (secondary N) is 1. The summed E-state index contributed by atoms with van der Waals surface area (Å²) < 4.78 is 17.5. The molecule has 3 N–H and O–H groups in total. The second kappa shape index (κ2) is 8.27. The van der Waals surface area contributed by atoms with Gasteiger partial charge >= 0.3 is 5.97 Å². The summed E-state index contributed by atoms with van der Waals surface area (Å²) in [6.07, 6.45) is 0.394. The number of ether oxygens (including phenoxy) is 1. The van der Waals surface area contributed by atoms with Crippen LogP contribution in [0.25, 0.3) is 0 Å².